The van der Waals surface area contributed by atoms with E-state index in [1.165, 1.54) is 12.8 Å². The van der Waals surface area contributed by atoms with Crippen LogP contribution in [-0.2, 0) is 0 Å². The van der Waals surface area contributed by atoms with Gasteiger partial charge in [-0.3, -0.25) is 0 Å². The summed E-state index contributed by atoms with van der Waals surface area (Å²) >= 11 is 0. The largest absolute Gasteiger partial charge is 0.316 e. The molecule has 14 heavy (non-hydrogen) atoms. The van der Waals surface area contributed by atoms with E-state index in [1.54, 1.807) is 0 Å². The first-order chi connectivity index (χ1) is 6.39. The van der Waals surface area contributed by atoms with Gasteiger partial charge >= 0.3 is 0 Å². The van der Waals surface area contributed by atoms with Crippen molar-refractivity contribution in [3.05, 3.63) is 0 Å². The Hall–Kier alpha value is -0.480. The van der Waals surface area contributed by atoms with Crippen molar-refractivity contribution in [2.24, 2.45) is 11.3 Å². The molecule has 0 radical (unpaired) electrons. The second-order valence-electron chi connectivity index (χ2n) is 5.50. The zero-order valence-corrected chi connectivity index (χ0v) is 10.4. The molecular weight excluding hydrogens is 170 g/mol. The van der Waals surface area contributed by atoms with Crippen LogP contribution < -0.4 is 5.32 Å². The SMILES string of the molecule is C#CCC(CC(C)CC(C)(C)C)NC. The van der Waals surface area contributed by atoms with Crippen LogP contribution in [0.4, 0.5) is 0 Å². The first-order valence-electron chi connectivity index (χ1n) is 5.49. The quantitative estimate of drug-likeness (QED) is 0.665. The predicted octanol–water partition coefficient (Wildman–Crippen LogP) is 3.06. The van der Waals surface area contributed by atoms with Gasteiger partial charge < -0.3 is 5.32 Å². The van der Waals surface area contributed by atoms with Crippen LogP contribution in [0, 0.1) is 23.7 Å². The summed E-state index contributed by atoms with van der Waals surface area (Å²) in [7, 11) is 1.99. The molecule has 1 N–H and O–H groups in total. The first kappa shape index (κ1) is 13.5. The van der Waals surface area contributed by atoms with Crippen LogP contribution in [0.1, 0.15) is 47.0 Å². The summed E-state index contributed by atoms with van der Waals surface area (Å²) in [6, 6.07) is 0.484. The summed E-state index contributed by atoms with van der Waals surface area (Å²) < 4.78 is 0. The third-order valence-electron chi connectivity index (χ3n) is 2.42. The van der Waals surface area contributed by atoms with Gasteiger partial charge in [-0.2, -0.15) is 0 Å². The van der Waals surface area contributed by atoms with Crippen LogP contribution in [0.3, 0.4) is 0 Å². The Balaban J connectivity index is 3.91. The molecule has 0 aliphatic rings. The van der Waals surface area contributed by atoms with Crippen LogP contribution in [0.25, 0.3) is 0 Å². The van der Waals surface area contributed by atoms with Gasteiger partial charge in [0.15, 0.2) is 0 Å². The lowest BCUT2D eigenvalue weighted by Crippen LogP contribution is -2.28. The molecule has 2 unspecified atom stereocenters. The van der Waals surface area contributed by atoms with Crippen LogP contribution in [0.15, 0.2) is 0 Å². The Morgan fingerprint density at radius 1 is 1.36 bits per heavy atom. The van der Waals surface area contributed by atoms with Crippen molar-refractivity contribution in [3.8, 4) is 12.3 Å². The lowest BCUT2D eigenvalue weighted by molar-refractivity contribution is 0.279. The summed E-state index contributed by atoms with van der Waals surface area (Å²) in [4.78, 5) is 0. The molecule has 0 aliphatic carbocycles. The smallest absolute Gasteiger partial charge is 0.0240 e. The highest BCUT2D eigenvalue weighted by Crippen LogP contribution is 2.26. The summed E-state index contributed by atoms with van der Waals surface area (Å²) in [6.07, 6.45) is 8.59. The van der Waals surface area contributed by atoms with Crippen LogP contribution in [-0.4, -0.2) is 13.1 Å². The lowest BCUT2D eigenvalue weighted by atomic mass is 9.82. The zero-order chi connectivity index (χ0) is 11.2. The van der Waals surface area contributed by atoms with E-state index in [1.807, 2.05) is 7.05 Å². The lowest BCUT2D eigenvalue weighted by Gasteiger charge is -2.25. The number of terminal acetylenes is 1. The molecule has 0 saturated heterocycles. The van der Waals surface area contributed by atoms with E-state index >= 15 is 0 Å². The van der Waals surface area contributed by atoms with Crippen molar-refractivity contribution < 1.29 is 0 Å². The van der Waals surface area contributed by atoms with Gasteiger partial charge in [0.2, 0.25) is 0 Å². The molecule has 0 aromatic carbocycles. The summed E-state index contributed by atoms with van der Waals surface area (Å²) in [5.41, 5.74) is 0.424. The van der Waals surface area contributed by atoms with Crippen molar-refractivity contribution in [1.29, 1.82) is 0 Å². The fourth-order valence-electron chi connectivity index (χ4n) is 2.06. The van der Waals surface area contributed by atoms with Gasteiger partial charge in [0.05, 0.1) is 0 Å². The first-order valence-corrected chi connectivity index (χ1v) is 5.49. The normalized spacial score (nSPS) is 16.0. The number of hydrogen-bond donors (Lipinski definition) is 1. The monoisotopic (exact) mass is 195 g/mol. The van der Waals surface area contributed by atoms with Crippen LogP contribution in [0.5, 0.6) is 0 Å². The van der Waals surface area contributed by atoms with E-state index in [2.05, 4.69) is 38.9 Å². The van der Waals surface area contributed by atoms with Crippen molar-refractivity contribution >= 4 is 0 Å². The maximum atomic E-state index is 5.32. The molecule has 0 fully saturated rings. The average molecular weight is 195 g/mol. The maximum Gasteiger partial charge on any atom is 0.0240 e. The van der Waals surface area contributed by atoms with E-state index in [4.69, 9.17) is 6.42 Å². The molecule has 0 saturated carbocycles. The molecule has 82 valence electrons. The van der Waals surface area contributed by atoms with Gasteiger partial charge in [0, 0.05) is 12.5 Å². The molecule has 0 aromatic rings. The fraction of sp³-hybridized carbons (Fsp3) is 0.846. The molecule has 1 heteroatoms. The van der Waals surface area contributed by atoms with Gasteiger partial charge in [-0.15, -0.1) is 12.3 Å². The van der Waals surface area contributed by atoms with E-state index in [-0.39, 0.29) is 0 Å². The molecule has 0 rings (SSSR count). The zero-order valence-electron chi connectivity index (χ0n) is 10.4. The van der Waals surface area contributed by atoms with Crippen molar-refractivity contribution in [2.75, 3.05) is 7.05 Å². The molecule has 0 aliphatic heterocycles. The number of rotatable bonds is 5. The third-order valence-corrected chi connectivity index (χ3v) is 2.42. The fourth-order valence-corrected chi connectivity index (χ4v) is 2.06. The minimum Gasteiger partial charge on any atom is -0.316 e. The third kappa shape index (κ3) is 6.97. The highest BCUT2D eigenvalue weighted by Gasteiger charge is 2.17. The Morgan fingerprint density at radius 2 is 1.93 bits per heavy atom. The number of hydrogen-bond acceptors (Lipinski definition) is 1. The molecular formula is C13H25N. The van der Waals surface area contributed by atoms with E-state index in [9.17, 15) is 0 Å². The summed E-state index contributed by atoms with van der Waals surface area (Å²) in [5, 5.41) is 3.28. The molecule has 0 aromatic heterocycles. The number of nitrogens with one attached hydrogen (secondary N) is 1. The Kier molecular flexibility index (Phi) is 5.88. The van der Waals surface area contributed by atoms with Crippen LogP contribution in [0.2, 0.25) is 0 Å². The van der Waals surface area contributed by atoms with Gasteiger partial charge in [-0.25, -0.2) is 0 Å². The Labute approximate surface area is 89.7 Å². The van der Waals surface area contributed by atoms with Crippen molar-refractivity contribution in [2.45, 2.75) is 53.0 Å². The molecule has 2 atom stereocenters. The predicted molar refractivity (Wildman–Crippen MR) is 64.2 cm³/mol. The van der Waals surface area contributed by atoms with Crippen LogP contribution >= 0.6 is 0 Å². The maximum absolute atomic E-state index is 5.32. The van der Waals surface area contributed by atoms with Gasteiger partial charge in [-0.1, -0.05) is 27.7 Å². The van der Waals surface area contributed by atoms with E-state index in [0.717, 1.165) is 12.3 Å². The van der Waals surface area contributed by atoms with E-state index in [0.29, 0.717) is 11.5 Å². The average Bonchev–Trinajstić information content (AvgIpc) is 2.00. The minimum absolute atomic E-state index is 0.424. The van der Waals surface area contributed by atoms with E-state index < -0.39 is 0 Å². The van der Waals surface area contributed by atoms with Gasteiger partial charge in [0.1, 0.15) is 0 Å². The molecule has 0 heterocycles. The minimum atomic E-state index is 0.424. The summed E-state index contributed by atoms with van der Waals surface area (Å²) in [5.74, 6) is 3.46. The highest BCUT2D eigenvalue weighted by atomic mass is 14.9. The molecule has 0 amide bonds. The topological polar surface area (TPSA) is 12.0 Å². The molecule has 0 spiro atoms. The van der Waals surface area contributed by atoms with Gasteiger partial charge in [0.25, 0.3) is 0 Å². The second kappa shape index (κ2) is 6.09. The van der Waals surface area contributed by atoms with Crippen molar-refractivity contribution in [1.82, 2.24) is 5.32 Å². The molecule has 1 nitrogen and oxygen atoms in total. The van der Waals surface area contributed by atoms with Crippen molar-refractivity contribution in [3.63, 3.8) is 0 Å². The molecule has 0 bridgehead atoms. The highest BCUT2D eigenvalue weighted by molar-refractivity contribution is 4.90. The second-order valence-corrected chi connectivity index (χ2v) is 5.50. The summed E-state index contributed by atoms with van der Waals surface area (Å²) in [6.45, 7) is 9.18. The Bertz CT molecular complexity index is 182. The van der Waals surface area contributed by atoms with Gasteiger partial charge in [-0.05, 0) is 31.2 Å². The standard InChI is InChI=1S/C13H25N/c1-7-8-12(14-6)9-11(2)10-13(3,4)5/h1,11-12,14H,8-10H2,2-6H3. The Morgan fingerprint density at radius 3 is 2.29 bits per heavy atom.